The standard InChI is InChI=1S/C31H33FN4O5/c1-40-25-9-6-10-26(41-2)28(25)29(38)34-17-15-31(16-18-34)30(39)35(21-36(31)24-7-4-3-5-8-24)20-27(37)33-19-22-11-13-23(32)14-12-22/h3-14H,15-21H2,1-2H3,(H,33,37). The van der Waals surface area contributed by atoms with Crippen LogP contribution in [0.4, 0.5) is 10.1 Å². The summed E-state index contributed by atoms with van der Waals surface area (Å²) in [6.45, 7) is 1.07. The summed E-state index contributed by atoms with van der Waals surface area (Å²) in [6.07, 6.45) is 0.801. The minimum absolute atomic E-state index is 0.105. The molecule has 10 heteroatoms. The number of hydrogen-bond acceptors (Lipinski definition) is 6. The van der Waals surface area contributed by atoms with Crippen molar-refractivity contribution in [3.63, 3.8) is 0 Å². The molecule has 3 amide bonds. The van der Waals surface area contributed by atoms with Crippen molar-refractivity contribution in [3.05, 3.63) is 89.7 Å². The maximum atomic E-state index is 14.0. The number of anilines is 1. The second kappa shape index (κ2) is 11.9. The first-order chi connectivity index (χ1) is 19.9. The van der Waals surface area contributed by atoms with Gasteiger partial charge in [0.2, 0.25) is 5.91 Å². The molecule has 9 nitrogen and oxygen atoms in total. The zero-order valence-corrected chi connectivity index (χ0v) is 23.1. The predicted molar refractivity (Wildman–Crippen MR) is 151 cm³/mol. The summed E-state index contributed by atoms with van der Waals surface area (Å²) in [5.41, 5.74) is 1.10. The topological polar surface area (TPSA) is 91.4 Å². The van der Waals surface area contributed by atoms with Crippen LogP contribution in [0.2, 0.25) is 0 Å². The minimum Gasteiger partial charge on any atom is -0.496 e. The third-order valence-electron chi connectivity index (χ3n) is 7.84. The highest BCUT2D eigenvalue weighted by atomic mass is 19.1. The first-order valence-corrected chi connectivity index (χ1v) is 13.5. The number of halogens is 1. The Hall–Kier alpha value is -4.60. The number of likely N-dealkylation sites (tertiary alicyclic amines) is 1. The van der Waals surface area contributed by atoms with E-state index in [0.717, 1.165) is 11.3 Å². The monoisotopic (exact) mass is 560 g/mol. The normalized spacial score (nSPS) is 16.2. The van der Waals surface area contributed by atoms with Crippen molar-refractivity contribution >= 4 is 23.4 Å². The number of nitrogens with one attached hydrogen (secondary N) is 1. The first kappa shape index (κ1) is 27.9. The van der Waals surface area contributed by atoms with E-state index in [9.17, 15) is 18.8 Å². The van der Waals surface area contributed by atoms with Crippen LogP contribution in [-0.4, -0.2) is 73.6 Å². The second-order valence-corrected chi connectivity index (χ2v) is 10.2. The van der Waals surface area contributed by atoms with Crippen LogP contribution >= 0.6 is 0 Å². The highest BCUT2D eigenvalue weighted by molar-refractivity contribution is 6.00. The molecule has 0 unspecified atom stereocenters. The molecular formula is C31H33FN4O5. The van der Waals surface area contributed by atoms with Gasteiger partial charge in [0.15, 0.2) is 0 Å². The van der Waals surface area contributed by atoms with Crippen LogP contribution in [-0.2, 0) is 16.1 Å². The molecule has 2 fully saturated rings. The summed E-state index contributed by atoms with van der Waals surface area (Å²) in [4.78, 5) is 45.8. The predicted octanol–water partition coefficient (Wildman–Crippen LogP) is 3.44. The molecule has 41 heavy (non-hydrogen) atoms. The van der Waals surface area contributed by atoms with Crippen LogP contribution in [0.3, 0.4) is 0 Å². The number of rotatable bonds is 8. The van der Waals surface area contributed by atoms with E-state index in [0.29, 0.717) is 43.0 Å². The van der Waals surface area contributed by atoms with E-state index in [-0.39, 0.29) is 43.3 Å². The van der Waals surface area contributed by atoms with Gasteiger partial charge in [-0.15, -0.1) is 0 Å². The zero-order valence-electron chi connectivity index (χ0n) is 23.1. The number of para-hydroxylation sites is 1. The lowest BCUT2D eigenvalue weighted by atomic mass is 9.85. The van der Waals surface area contributed by atoms with Crippen LogP contribution in [0.15, 0.2) is 72.8 Å². The van der Waals surface area contributed by atoms with Gasteiger partial charge < -0.3 is 29.5 Å². The van der Waals surface area contributed by atoms with Gasteiger partial charge in [-0.2, -0.15) is 0 Å². The number of carbonyl (C=O) groups is 3. The average Bonchev–Trinajstić information content (AvgIpc) is 3.26. The van der Waals surface area contributed by atoms with Gasteiger partial charge in [-0.05, 0) is 54.8 Å². The quantitative estimate of drug-likeness (QED) is 0.454. The minimum atomic E-state index is -0.889. The molecule has 2 aliphatic rings. The lowest BCUT2D eigenvalue weighted by Crippen LogP contribution is -2.57. The summed E-state index contributed by atoms with van der Waals surface area (Å²) in [5, 5.41) is 2.82. The average molecular weight is 561 g/mol. The van der Waals surface area contributed by atoms with Crippen molar-refractivity contribution in [3.8, 4) is 11.5 Å². The Balaban J connectivity index is 1.32. The maximum Gasteiger partial charge on any atom is 0.261 e. The molecule has 1 N–H and O–H groups in total. The Morgan fingerprint density at radius 1 is 0.902 bits per heavy atom. The first-order valence-electron chi connectivity index (χ1n) is 13.5. The molecule has 0 aromatic heterocycles. The van der Waals surface area contributed by atoms with Crippen LogP contribution in [0.5, 0.6) is 11.5 Å². The third kappa shape index (κ3) is 5.54. The largest absolute Gasteiger partial charge is 0.496 e. The number of carbonyl (C=O) groups excluding carboxylic acids is 3. The van der Waals surface area contributed by atoms with E-state index >= 15 is 0 Å². The van der Waals surface area contributed by atoms with Gasteiger partial charge >= 0.3 is 0 Å². The van der Waals surface area contributed by atoms with E-state index in [4.69, 9.17) is 9.47 Å². The molecule has 3 aromatic carbocycles. The van der Waals surface area contributed by atoms with E-state index in [1.165, 1.54) is 26.4 Å². The van der Waals surface area contributed by atoms with Gasteiger partial charge in [-0.1, -0.05) is 36.4 Å². The van der Waals surface area contributed by atoms with Crippen LogP contribution in [0.1, 0.15) is 28.8 Å². The number of methoxy groups -OCH3 is 2. The van der Waals surface area contributed by atoms with Gasteiger partial charge in [0.1, 0.15) is 35.0 Å². The van der Waals surface area contributed by atoms with Crippen LogP contribution in [0.25, 0.3) is 0 Å². The lowest BCUT2D eigenvalue weighted by molar-refractivity contribution is -0.137. The molecule has 2 aliphatic heterocycles. The van der Waals surface area contributed by atoms with Crippen molar-refractivity contribution in [1.29, 1.82) is 0 Å². The lowest BCUT2D eigenvalue weighted by Gasteiger charge is -2.43. The van der Waals surface area contributed by atoms with Gasteiger partial charge in [0, 0.05) is 25.3 Å². The molecular weight excluding hydrogens is 527 g/mol. The summed E-state index contributed by atoms with van der Waals surface area (Å²) in [6, 6.07) is 20.7. The van der Waals surface area contributed by atoms with Crippen LogP contribution in [0, 0.1) is 5.82 Å². The SMILES string of the molecule is COc1cccc(OC)c1C(=O)N1CCC2(CC1)C(=O)N(CC(=O)NCc1ccc(F)cc1)CN2c1ccccc1. The molecule has 5 rings (SSSR count). The Morgan fingerprint density at radius 3 is 2.15 bits per heavy atom. The Morgan fingerprint density at radius 2 is 1.54 bits per heavy atom. The molecule has 0 atom stereocenters. The molecule has 0 saturated carbocycles. The van der Waals surface area contributed by atoms with Crippen molar-refractivity contribution in [2.24, 2.45) is 0 Å². The van der Waals surface area contributed by atoms with E-state index < -0.39 is 5.54 Å². The molecule has 1 spiro atoms. The number of hydrogen-bond donors (Lipinski definition) is 1. The molecule has 2 saturated heterocycles. The summed E-state index contributed by atoms with van der Waals surface area (Å²) in [5.74, 6) is -0.152. The van der Waals surface area contributed by atoms with E-state index in [2.05, 4.69) is 5.32 Å². The smallest absolute Gasteiger partial charge is 0.261 e. The third-order valence-corrected chi connectivity index (χ3v) is 7.84. The molecule has 0 radical (unpaired) electrons. The fourth-order valence-electron chi connectivity index (χ4n) is 5.65. The van der Waals surface area contributed by atoms with Crippen molar-refractivity contribution in [2.75, 3.05) is 45.4 Å². The summed E-state index contributed by atoms with van der Waals surface area (Å²) >= 11 is 0. The van der Waals surface area contributed by atoms with E-state index in [1.54, 1.807) is 40.1 Å². The van der Waals surface area contributed by atoms with Crippen molar-refractivity contribution < 1.29 is 28.2 Å². The van der Waals surface area contributed by atoms with Crippen LogP contribution < -0.4 is 19.7 Å². The Kier molecular flexibility index (Phi) is 8.09. The number of benzene rings is 3. The van der Waals surface area contributed by atoms with Crippen molar-refractivity contribution in [1.82, 2.24) is 15.1 Å². The highest BCUT2D eigenvalue weighted by Crippen LogP contribution is 2.40. The Bertz CT molecular complexity index is 1390. The van der Waals surface area contributed by atoms with Crippen molar-refractivity contribution in [2.45, 2.75) is 24.9 Å². The van der Waals surface area contributed by atoms with Gasteiger partial charge in [-0.3, -0.25) is 14.4 Å². The number of amides is 3. The number of piperidine rings is 1. The fourth-order valence-corrected chi connectivity index (χ4v) is 5.65. The number of ether oxygens (including phenoxy) is 2. The summed E-state index contributed by atoms with van der Waals surface area (Å²) in [7, 11) is 3.02. The maximum absolute atomic E-state index is 14.0. The van der Waals surface area contributed by atoms with Gasteiger partial charge in [0.25, 0.3) is 11.8 Å². The second-order valence-electron chi connectivity index (χ2n) is 10.2. The van der Waals surface area contributed by atoms with Gasteiger partial charge in [-0.25, -0.2) is 4.39 Å². The molecule has 3 aromatic rings. The molecule has 2 heterocycles. The Labute approximate surface area is 238 Å². The molecule has 214 valence electrons. The molecule has 0 aliphatic carbocycles. The zero-order chi connectivity index (χ0) is 29.0. The fraction of sp³-hybridized carbons (Fsp3) is 0.323. The highest BCUT2D eigenvalue weighted by Gasteiger charge is 2.54. The number of nitrogens with zero attached hydrogens (tertiary/aromatic N) is 3. The summed E-state index contributed by atoms with van der Waals surface area (Å²) < 4.78 is 24.1. The van der Waals surface area contributed by atoms with Gasteiger partial charge in [0.05, 0.1) is 20.9 Å². The van der Waals surface area contributed by atoms with E-state index in [1.807, 2.05) is 35.2 Å². The molecule has 0 bridgehead atoms.